The summed E-state index contributed by atoms with van der Waals surface area (Å²) in [7, 11) is 0. The predicted octanol–water partition coefficient (Wildman–Crippen LogP) is 1.15. The van der Waals surface area contributed by atoms with Crippen molar-refractivity contribution in [2.45, 2.75) is 31.7 Å². The fourth-order valence-corrected chi connectivity index (χ4v) is 2.05. The van der Waals surface area contributed by atoms with E-state index in [1.54, 1.807) is 0 Å². The third-order valence-electron chi connectivity index (χ3n) is 2.96. The number of piperazine rings is 1. The van der Waals surface area contributed by atoms with Crippen molar-refractivity contribution in [3.05, 3.63) is 34.9 Å². The molecule has 1 fully saturated rings. The summed E-state index contributed by atoms with van der Waals surface area (Å²) >= 11 is 5.83. The molecule has 0 spiro atoms. The summed E-state index contributed by atoms with van der Waals surface area (Å²) in [4.78, 5) is 0. The van der Waals surface area contributed by atoms with E-state index in [9.17, 15) is 5.11 Å². The van der Waals surface area contributed by atoms with Crippen LogP contribution < -0.4 is 10.6 Å². The molecular formula is C12H17ClN2O. The first-order valence-electron chi connectivity index (χ1n) is 5.57. The summed E-state index contributed by atoms with van der Waals surface area (Å²) in [6, 6.07) is 8.22. The van der Waals surface area contributed by atoms with Gasteiger partial charge >= 0.3 is 0 Å². The van der Waals surface area contributed by atoms with E-state index in [1.807, 2.05) is 31.2 Å². The average Bonchev–Trinajstić information content (AvgIpc) is 2.27. The van der Waals surface area contributed by atoms with E-state index >= 15 is 0 Å². The molecule has 1 unspecified atom stereocenters. The van der Waals surface area contributed by atoms with Crippen LogP contribution in [0.2, 0.25) is 5.02 Å². The average molecular weight is 241 g/mol. The van der Waals surface area contributed by atoms with E-state index in [2.05, 4.69) is 10.6 Å². The second kappa shape index (κ2) is 5.15. The van der Waals surface area contributed by atoms with Crippen LogP contribution in [-0.4, -0.2) is 30.0 Å². The minimum Gasteiger partial charge on any atom is -0.377 e. The van der Waals surface area contributed by atoms with Gasteiger partial charge in [0.05, 0.1) is 0 Å². The van der Waals surface area contributed by atoms with Gasteiger partial charge in [-0.15, -0.1) is 0 Å². The minimum atomic E-state index is -0.467. The molecular weight excluding hydrogens is 224 g/mol. The Morgan fingerprint density at radius 2 is 2.06 bits per heavy atom. The fraction of sp³-hybridized carbons (Fsp3) is 0.500. The van der Waals surface area contributed by atoms with Gasteiger partial charge < -0.3 is 10.4 Å². The quantitative estimate of drug-likeness (QED) is 0.727. The zero-order valence-electron chi connectivity index (χ0n) is 9.28. The maximum atomic E-state index is 9.68. The second-order valence-electron chi connectivity index (χ2n) is 4.34. The Balaban J connectivity index is 1.93. The van der Waals surface area contributed by atoms with Crippen LogP contribution in [0.1, 0.15) is 12.5 Å². The van der Waals surface area contributed by atoms with Gasteiger partial charge in [0.1, 0.15) is 6.23 Å². The van der Waals surface area contributed by atoms with E-state index in [1.165, 1.54) is 5.56 Å². The molecule has 0 radical (unpaired) electrons. The van der Waals surface area contributed by atoms with Gasteiger partial charge in [0.2, 0.25) is 0 Å². The molecule has 0 bridgehead atoms. The van der Waals surface area contributed by atoms with Crippen molar-refractivity contribution in [2.75, 3.05) is 6.54 Å². The molecule has 0 aliphatic carbocycles. The molecule has 3 atom stereocenters. The third-order valence-corrected chi connectivity index (χ3v) is 3.21. The van der Waals surface area contributed by atoms with Gasteiger partial charge in [-0.3, -0.25) is 5.32 Å². The molecule has 0 amide bonds. The smallest absolute Gasteiger partial charge is 0.120 e. The van der Waals surface area contributed by atoms with E-state index in [0.717, 1.165) is 18.0 Å². The predicted molar refractivity (Wildman–Crippen MR) is 65.6 cm³/mol. The van der Waals surface area contributed by atoms with Gasteiger partial charge in [0, 0.05) is 23.7 Å². The number of hydrogen-bond donors (Lipinski definition) is 3. The molecule has 3 nitrogen and oxygen atoms in total. The molecule has 16 heavy (non-hydrogen) atoms. The summed E-state index contributed by atoms with van der Waals surface area (Å²) in [5.41, 5.74) is 1.23. The Kier molecular flexibility index (Phi) is 3.82. The lowest BCUT2D eigenvalue weighted by Gasteiger charge is -2.33. The number of benzene rings is 1. The number of halogens is 1. The maximum absolute atomic E-state index is 9.68. The highest BCUT2D eigenvalue weighted by Crippen LogP contribution is 2.12. The monoisotopic (exact) mass is 240 g/mol. The summed E-state index contributed by atoms with van der Waals surface area (Å²) < 4.78 is 0. The second-order valence-corrected chi connectivity index (χ2v) is 4.77. The van der Waals surface area contributed by atoms with Gasteiger partial charge in [-0.2, -0.15) is 0 Å². The van der Waals surface area contributed by atoms with Crippen LogP contribution in [0.5, 0.6) is 0 Å². The molecule has 1 aliphatic rings. The fourth-order valence-electron chi connectivity index (χ4n) is 1.92. The van der Waals surface area contributed by atoms with Crippen molar-refractivity contribution >= 4 is 11.6 Å². The lowest BCUT2D eigenvalue weighted by Crippen LogP contribution is -2.60. The van der Waals surface area contributed by atoms with Gasteiger partial charge in [0.25, 0.3) is 0 Å². The number of hydrogen-bond acceptors (Lipinski definition) is 3. The lowest BCUT2D eigenvalue weighted by molar-refractivity contribution is 0.0626. The van der Waals surface area contributed by atoms with Crippen molar-refractivity contribution in [3.8, 4) is 0 Å². The molecule has 0 saturated carbocycles. The first kappa shape index (κ1) is 11.9. The normalized spacial score (nSPS) is 30.3. The minimum absolute atomic E-state index is 0.112. The summed E-state index contributed by atoms with van der Waals surface area (Å²) in [6.07, 6.45) is 0.430. The van der Waals surface area contributed by atoms with E-state index < -0.39 is 6.23 Å². The highest BCUT2D eigenvalue weighted by atomic mass is 35.5. The van der Waals surface area contributed by atoms with Gasteiger partial charge in [-0.05, 0) is 31.0 Å². The zero-order chi connectivity index (χ0) is 11.5. The van der Waals surface area contributed by atoms with E-state index in [0.29, 0.717) is 0 Å². The standard InChI is InChI=1S/C12H17ClN2O/c1-8-12(16)15-11(7-14-8)6-9-2-4-10(13)5-3-9/h2-5,8,11-12,14-16H,6-7H2,1H3/t8-,11-,12?/m0/s1. The Morgan fingerprint density at radius 1 is 1.38 bits per heavy atom. The summed E-state index contributed by atoms with van der Waals surface area (Å²) in [6.45, 7) is 2.84. The Labute approximate surface area is 101 Å². The van der Waals surface area contributed by atoms with Gasteiger partial charge in [-0.1, -0.05) is 23.7 Å². The van der Waals surface area contributed by atoms with Crippen molar-refractivity contribution in [1.82, 2.24) is 10.6 Å². The Bertz CT molecular complexity index is 341. The van der Waals surface area contributed by atoms with Crippen LogP contribution in [-0.2, 0) is 6.42 Å². The zero-order valence-corrected chi connectivity index (χ0v) is 10.0. The third kappa shape index (κ3) is 2.95. The lowest BCUT2D eigenvalue weighted by atomic mass is 10.0. The number of rotatable bonds is 2. The molecule has 1 heterocycles. The topological polar surface area (TPSA) is 44.3 Å². The van der Waals surface area contributed by atoms with Crippen LogP contribution in [0.15, 0.2) is 24.3 Å². The SMILES string of the molecule is C[C@@H]1NC[C@H](Cc2ccc(Cl)cc2)NC1O. The molecule has 88 valence electrons. The Morgan fingerprint density at radius 3 is 2.69 bits per heavy atom. The van der Waals surface area contributed by atoms with Crippen LogP contribution in [0.3, 0.4) is 0 Å². The molecule has 1 aromatic carbocycles. The number of nitrogens with one attached hydrogen (secondary N) is 2. The Hall–Kier alpha value is -0.610. The molecule has 1 aliphatic heterocycles. The van der Waals surface area contributed by atoms with E-state index in [-0.39, 0.29) is 12.1 Å². The first-order valence-corrected chi connectivity index (χ1v) is 5.95. The highest BCUT2D eigenvalue weighted by molar-refractivity contribution is 6.30. The van der Waals surface area contributed by atoms with Crippen molar-refractivity contribution in [1.29, 1.82) is 0 Å². The molecule has 4 heteroatoms. The van der Waals surface area contributed by atoms with Gasteiger partial charge in [-0.25, -0.2) is 0 Å². The van der Waals surface area contributed by atoms with Crippen molar-refractivity contribution in [2.24, 2.45) is 0 Å². The molecule has 1 aromatic rings. The highest BCUT2D eigenvalue weighted by Gasteiger charge is 2.24. The molecule has 0 aromatic heterocycles. The van der Waals surface area contributed by atoms with Crippen LogP contribution in [0, 0.1) is 0 Å². The van der Waals surface area contributed by atoms with E-state index in [4.69, 9.17) is 11.6 Å². The van der Waals surface area contributed by atoms with Crippen molar-refractivity contribution < 1.29 is 5.11 Å². The summed E-state index contributed by atoms with van der Waals surface area (Å²) in [5.74, 6) is 0. The maximum Gasteiger partial charge on any atom is 0.120 e. The number of aliphatic hydroxyl groups is 1. The first-order chi connectivity index (χ1) is 7.65. The van der Waals surface area contributed by atoms with Crippen LogP contribution in [0.25, 0.3) is 0 Å². The number of aliphatic hydroxyl groups excluding tert-OH is 1. The largest absolute Gasteiger partial charge is 0.377 e. The van der Waals surface area contributed by atoms with Gasteiger partial charge in [0.15, 0.2) is 0 Å². The summed E-state index contributed by atoms with van der Waals surface area (Å²) in [5, 5.41) is 16.9. The van der Waals surface area contributed by atoms with Crippen molar-refractivity contribution in [3.63, 3.8) is 0 Å². The molecule has 2 rings (SSSR count). The van der Waals surface area contributed by atoms with Crippen LogP contribution in [0.4, 0.5) is 0 Å². The van der Waals surface area contributed by atoms with Crippen LogP contribution >= 0.6 is 11.6 Å². The molecule has 1 saturated heterocycles. The molecule has 3 N–H and O–H groups in total.